The van der Waals surface area contributed by atoms with E-state index in [2.05, 4.69) is 52.7 Å². The average Bonchev–Trinajstić information content (AvgIpc) is 3.14. The molecule has 3 rings (SSSR count). The van der Waals surface area contributed by atoms with E-state index in [9.17, 15) is 4.79 Å². The molecule has 2 amide bonds. The molecule has 0 aliphatic carbocycles. The number of urea groups is 1. The number of carbonyl (C=O) groups is 1. The molecule has 1 saturated heterocycles. The number of allylic oxidation sites excluding steroid dienone is 1. The molecule has 0 radical (unpaired) electrons. The molecule has 28 heavy (non-hydrogen) atoms. The smallest absolute Gasteiger partial charge is 0.319 e. The Morgan fingerprint density at radius 3 is 2.86 bits per heavy atom. The average molecular weight is 383 g/mol. The van der Waals surface area contributed by atoms with Gasteiger partial charge in [0.2, 0.25) is 0 Å². The Labute approximate surface area is 168 Å². The van der Waals surface area contributed by atoms with Gasteiger partial charge in [-0.2, -0.15) is 0 Å². The van der Waals surface area contributed by atoms with Gasteiger partial charge in [-0.15, -0.1) is 0 Å². The Hall–Kier alpha value is -2.27. The lowest BCUT2D eigenvalue weighted by Gasteiger charge is -2.35. The Morgan fingerprint density at radius 2 is 2.14 bits per heavy atom. The third-order valence-electron chi connectivity index (χ3n) is 5.99. The van der Waals surface area contributed by atoms with E-state index in [1.165, 1.54) is 43.3 Å². The van der Waals surface area contributed by atoms with E-state index in [0.29, 0.717) is 18.5 Å². The fourth-order valence-corrected chi connectivity index (χ4v) is 4.08. The minimum atomic E-state index is -0.150. The molecule has 1 unspecified atom stereocenters. The number of anilines is 1. The quantitative estimate of drug-likeness (QED) is 0.453. The van der Waals surface area contributed by atoms with Gasteiger partial charge in [-0.05, 0) is 82.3 Å². The Balaban J connectivity index is 1.65. The zero-order valence-electron chi connectivity index (χ0n) is 17.4. The molecule has 5 nitrogen and oxygen atoms in total. The first-order valence-electron chi connectivity index (χ1n) is 10.6. The minimum Gasteiger partial charge on any atom is -0.361 e. The summed E-state index contributed by atoms with van der Waals surface area (Å²) in [5.74, 6) is 0.582. The van der Waals surface area contributed by atoms with Gasteiger partial charge in [0.15, 0.2) is 0 Å². The molecular weight excluding hydrogens is 348 g/mol. The van der Waals surface area contributed by atoms with Crippen molar-refractivity contribution in [2.24, 2.45) is 0 Å². The number of H-pyrrole nitrogens is 1. The number of benzene rings is 1. The van der Waals surface area contributed by atoms with Crippen LogP contribution in [0.2, 0.25) is 0 Å². The number of hydrogen-bond donors (Lipinski definition) is 3. The van der Waals surface area contributed by atoms with Crippen molar-refractivity contribution >= 4 is 22.6 Å². The van der Waals surface area contributed by atoms with Gasteiger partial charge in [-0.3, -0.25) is 0 Å². The van der Waals surface area contributed by atoms with Crippen molar-refractivity contribution in [1.82, 2.24) is 15.2 Å². The number of amides is 2. The van der Waals surface area contributed by atoms with E-state index in [-0.39, 0.29) is 6.03 Å². The van der Waals surface area contributed by atoms with Gasteiger partial charge in [0, 0.05) is 35.4 Å². The molecule has 3 N–H and O–H groups in total. The first-order valence-corrected chi connectivity index (χ1v) is 10.6. The number of aromatic amines is 1. The molecule has 1 aromatic carbocycles. The topological polar surface area (TPSA) is 60.2 Å². The SMILES string of the molecule is CC=CCCNC(=O)Nc1ccc2[nH]cc(C3CCN(C(C)CC)CC3)c2c1. The molecule has 1 aliphatic rings. The highest BCUT2D eigenvalue weighted by Gasteiger charge is 2.24. The Bertz CT molecular complexity index is 802. The number of fused-ring (bicyclic) bond motifs is 1. The second-order valence-corrected chi connectivity index (χ2v) is 7.81. The molecule has 2 aromatic rings. The van der Waals surface area contributed by atoms with Gasteiger partial charge in [0.1, 0.15) is 0 Å². The summed E-state index contributed by atoms with van der Waals surface area (Å²) in [6.45, 7) is 9.55. The zero-order chi connectivity index (χ0) is 19.9. The maximum absolute atomic E-state index is 12.1. The lowest BCUT2D eigenvalue weighted by molar-refractivity contribution is 0.158. The lowest BCUT2D eigenvalue weighted by atomic mass is 9.88. The molecule has 2 heterocycles. The van der Waals surface area contributed by atoms with Gasteiger partial charge >= 0.3 is 6.03 Å². The van der Waals surface area contributed by atoms with Crippen LogP contribution < -0.4 is 10.6 Å². The first-order chi connectivity index (χ1) is 13.6. The molecule has 0 saturated carbocycles. The van der Waals surface area contributed by atoms with Gasteiger partial charge in [0.25, 0.3) is 0 Å². The monoisotopic (exact) mass is 382 g/mol. The van der Waals surface area contributed by atoms with E-state index < -0.39 is 0 Å². The Morgan fingerprint density at radius 1 is 1.36 bits per heavy atom. The van der Waals surface area contributed by atoms with E-state index in [0.717, 1.165) is 17.6 Å². The maximum Gasteiger partial charge on any atom is 0.319 e. The first kappa shape index (κ1) is 20.5. The lowest BCUT2D eigenvalue weighted by Crippen LogP contribution is -2.39. The number of aromatic nitrogens is 1. The van der Waals surface area contributed by atoms with Gasteiger partial charge in [-0.25, -0.2) is 4.79 Å². The maximum atomic E-state index is 12.1. The van der Waals surface area contributed by atoms with Crippen LogP contribution in [0.1, 0.15) is 57.9 Å². The van der Waals surface area contributed by atoms with E-state index in [1.807, 2.05) is 25.1 Å². The van der Waals surface area contributed by atoms with Crippen LogP contribution in [0, 0.1) is 0 Å². The van der Waals surface area contributed by atoms with Crippen LogP contribution in [0.25, 0.3) is 10.9 Å². The largest absolute Gasteiger partial charge is 0.361 e. The van der Waals surface area contributed by atoms with Crippen molar-refractivity contribution in [3.63, 3.8) is 0 Å². The highest BCUT2D eigenvalue weighted by molar-refractivity contribution is 5.94. The number of carbonyl (C=O) groups excluding carboxylic acids is 1. The van der Waals surface area contributed by atoms with Crippen molar-refractivity contribution in [2.45, 2.75) is 58.4 Å². The second-order valence-electron chi connectivity index (χ2n) is 7.81. The van der Waals surface area contributed by atoms with Crippen LogP contribution >= 0.6 is 0 Å². The third kappa shape index (κ3) is 4.96. The van der Waals surface area contributed by atoms with E-state index in [1.54, 1.807) is 0 Å². The number of hydrogen-bond acceptors (Lipinski definition) is 2. The van der Waals surface area contributed by atoms with Gasteiger partial charge in [-0.1, -0.05) is 19.1 Å². The summed E-state index contributed by atoms with van der Waals surface area (Å²) in [7, 11) is 0. The third-order valence-corrected chi connectivity index (χ3v) is 5.99. The number of nitrogens with zero attached hydrogens (tertiary/aromatic N) is 1. The molecule has 1 aromatic heterocycles. The van der Waals surface area contributed by atoms with E-state index >= 15 is 0 Å². The fourth-order valence-electron chi connectivity index (χ4n) is 4.08. The summed E-state index contributed by atoms with van der Waals surface area (Å²) >= 11 is 0. The van der Waals surface area contributed by atoms with Crippen molar-refractivity contribution in [1.29, 1.82) is 0 Å². The molecule has 1 atom stereocenters. The summed E-state index contributed by atoms with van der Waals surface area (Å²) in [6, 6.07) is 6.64. The van der Waals surface area contributed by atoms with Crippen LogP contribution in [0.4, 0.5) is 10.5 Å². The van der Waals surface area contributed by atoms with Crippen LogP contribution in [0.15, 0.2) is 36.5 Å². The summed E-state index contributed by atoms with van der Waals surface area (Å²) < 4.78 is 0. The molecule has 1 aliphatic heterocycles. The van der Waals surface area contributed by atoms with Gasteiger partial charge in [0.05, 0.1) is 0 Å². The Kier molecular flexibility index (Phi) is 7.15. The van der Waals surface area contributed by atoms with Crippen LogP contribution in [-0.4, -0.2) is 41.6 Å². The highest BCUT2D eigenvalue weighted by atomic mass is 16.2. The summed E-state index contributed by atoms with van der Waals surface area (Å²) in [5, 5.41) is 7.09. The molecule has 0 spiro atoms. The van der Waals surface area contributed by atoms with Crippen molar-refractivity contribution in [3.8, 4) is 0 Å². The fraction of sp³-hybridized carbons (Fsp3) is 0.522. The molecule has 0 bridgehead atoms. The normalized spacial score (nSPS) is 17.2. The van der Waals surface area contributed by atoms with Gasteiger partial charge < -0.3 is 20.5 Å². The predicted octanol–water partition coefficient (Wildman–Crippen LogP) is 5.23. The minimum absolute atomic E-state index is 0.150. The summed E-state index contributed by atoms with van der Waals surface area (Å²) in [4.78, 5) is 18.1. The number of nitrogens with one attached hydrogen (secondary N) is 3. The number of piperidine rings is 1. The molecule has 152 valence electrons. The molecule has 1 fully saturated rings. The zero-order valence-corrected chi connectivity index (χ0v) is 17.4. The number of rotatable bonds is 7. The van der Waals surface area contributed by atoms with Crippen LogP contribution in [0.5, 0.6) is 0 Å². The van der Waals surface area contributed by atoms with Crippen LogP contribution in [-0.2, 0) is 0 Å². The second kappa shape index (κ2) is 9.78. The van der Waals surface area contributed by atoms with E-state index in [4.69, 9.17) is 0 Å². The van der Waals surface area contributed by atoms with Crippen molar-refractivity contribution < 1.29 is 4.79 Å². The van der Waals surface area contributed by atoms with Crippen LogP contribution in [0.3, 0.4) is 0 Å². The standard InChI is InChI=1S/C23H34N4O/c1-4-6-7-12-24-23(28)26-19-8-9-22-20(15-19)21(16-25-22)18-10-13-27(14-11-18)17(3)5-2/h4,6,8-9,15-18,25H,5,7,10-14H2,1-3H3,(H2,24,26,28). The van der Waals surface area contributed by atoms with Crippen molar-refractivity contribution in [2.75, 3.05) is 25.0 Å². The molecule has 5 heteroatoms. The highest BCUT2D eigenvalue weighted by Crippen LogP contribution is 2.34. The predicted molar refractivity (Wildman–Crippen MR) is 118 cm³/mol. The summed E-state index contributed by atoms with van der Waals surface area (Å²) in [6.07, 6.45) is 10.7. The molecular formula is C23H34N4O. The summed E-state index contributed by atoms with van der Waals surface area (Å²) in [5.41, 5.74) is 3.36. The number of likely N-dealkylation sites (tertiary alicyclic amines) is 1. The van der Waals surface area contributed by atoms with Crippen molar-refractivity contribution in [3.05, 3.63) is 42.1 Å².